The summed E-state index contributed by atoms with van der Waals surface area (Å²) in [4.78, 5) is 6.41. The predicted molar refractivity (Wildman–Crippen MR) is 71.2 cm³/mol. The summed E-state index contributed by atoms with van der Waals surface area (Å²) in [5, 5.41) is 3.52. The van der Waals surface area contributed by atoms with E-state index in [1.54, 1.807) is 0 Å². The van der Waals surface area contributed by atoms with Gasteiger partial charge in [0.2, 0.25) is 0 Å². The molecule has 1 aromatic heterocycles. The minimum atomic E-state index is 0.503. The minimum absolute atomic E-state index is 0.503. The average Bonchev–Trinajstić information content (AvgIpc) is 2.27. The number of rotatable bonds is 6. The Kier molecular flexibility index (Phi) is 5.09. The molecule has 0 radical (unpaired) electrons. The highest BCUT2D eigenvalue weighted by Crippen LogP contribution is 2.21. The first-order valence-electron chi connectivity index (χ1n) is 6.04. The highest BCUT2D eigenvalue weighted by molar-refractivity contribution is 5.64. The van der Waals surface area contributed by atoms with Crippen molar-refractivity contribution >= 4 is 11.5 Å². The van der Waals surface area contributed by atoms with Crippen LogP contribution in [-0.2, 0) is 0 Å². The summed E-state index contributed by atoms with van der Waals surface area (Å²) in [7, 11) is 4.04. The Morgan fingerprint density at radius 1 is 1.44 bits per heavy atom. The van der Waals surface area contributed by atoms with Gasteiger partial charge in [-0.15, -0.1) is 0 Å². The van der Waals surface area contributed by atoms with Crippen LogP contribution < -0.4 is 10.2 Å². The standard InChI is InChI=1S/C13H23N3/c1-5-6-8-11(2)15-12-9-7-10-14-13(12)16(3)4/h7,9-11,15H,5-6,8H2,1-4H3. The van der Waals surface area contributed by atoms with Gasteiger partial charge in [0, 0.05) is 26.3 Å². The summed E-state index contributed by atoms with van der Waals surface area (Å²) < 4.78 is 0. The van der Waals surface area contributed by atoms with E-state index in [1.165, 1.54) is 19.3 Å². The largest absolute Gasteiger partial charge is 0.380 e. The molecular weight excluding hydrogens is 198 g/mol. The van der Waals surface area contributed by atoms with Crippen LogP contribution in [0.5, 0.6) is 0 Å². The molecule has 0 bridgehead atoms. The monoisotopic (exact) mass is 221 g/mol. The molecular formula is C13H23N3. The number of aromatic nitrogens is 1. The number of nitrogens with zero attached hydrogens (tertiary/aromatic N) is 2. The van der Waals surface area contributed by atoms with Crippen LogP contribution in [0.2, 0.25) is 0 Å². The van der Waals surface area contributed by atoms with Crippen LogP contribution in [0, 0.1) is 0 Å². The van der Waals surface area contributed by atoms with Gasteiger partial charge in [-0.05, 0) is 25.5 Å². The predicted octanol–water partition coefficient (Wildman–Crippen LogP) is 3.14. The Hall–Kier alpha value is -1.25. The second-order valence-corrected chi connectivity index (χ2v) is 4.46. The summed E-state index contributed by atoms with van der Waals surface area (Å²) >= 11 is 0. The van der Waals surface area contributed by atoms with Crippen LogP contribution in [0.25, 0.3) is 0 Å². The highest BCUT2D eigenvalue weighted by atomic mass is 15.2. The summed E-state index contributed by atoms with van der Waals surface area (Å²) in [6.45, 7) is 4.45. The minimum Gasteiger partial charge on any atom is -0.380 e. The van der Waals surface area contributed by atoms with E-state index in [4.69, 9.17) is 0 Å². The van der Waals surface area contributed by atoms with Gasteiger partial charge in [0.15, 0.2) is 5.82 Å². The van der Waals surface area contributed by atoms with E-state index < -0.39 is 0 Å². The van der Waals surface area contributed by atoms with E-state index in [0.29, 0.717) is 6.04 Å². The first kappa shape index (κ1) is 12.8. The quantitative estimate of drug-likeness (QED) is 0.800. The molecule has 0 aromatic carbocycles. The van der Waals surface area contributed by atoms with Gasteiger partial charge in [0.25, 0.3) is 0 Å². The fourth-order valence-electron chi connectivity index (χ4n) is 1.71. The van der Waals surface area contributed by atoms with Crippen LogP contribution in [0.4, 0.5) is 11.5 Å². The zero-order chi connectivity index (χ0) is 12.0. The number of anilines is 2. The number of pyridine rings is 1. The third-order valence-electron chi connectivity index (χ3n) is 2.60. The zero-order valence-corrected chi connectivity index (χ0v) is 10.8. The second-order valence-electron chi connectivity index (χ2n) is 4.46. The topological polar surface area (TPSA) is 28.2 Å². The molecule has 0 aliphatic rings. The molecule has 1 aromatic rings. The third-order valence-corrected chi connectivity index (χ3v) is 2.60. The van der Waals surface area contributed by atoms with E-state index in [1.807, 2.05) is 31.3 Å². The lowest BCUT2D eigenvalue weighted by atomic mass is 10.1. The van der Waals surface area contributed by atoms with Gasteiger partial charge in [0.1, 0.15) is 0 Å². The van der Waals surface area contributed by atoms with Gasteiger partial charge >= 0.3 is 0 Å². The van der Waals surface area contributed by atoms with E-state index in [-0.39, 0.29) is 0 Å². The fourth-order valence-corrected chi connectivity index (χ4v) is 1.71. The van der Waals surface area contributed by atoms with Crippen LogP contribution >= 0.6 is 0 Å². The molecule has 1 heterocycles. The Morgan fingerprint density at radius 3 is 2.81 bits per heavy atom. The third kappa shape index (κ3) is 3.72. The molecule has 0 saturated heterocycles. The molecule has 0 aliphatic heterocycles. The lowest BCUT2D eigenvalue weighted by Crippen LogP contribution is -2.19. The maximum Gasteiger partial charge on any atom is 0.151 e. The number of nitrogens with one attached hydrogen (secondary N) is 1. The number of hydrogen-bond acceptors (Lipinski definition) is 3. The van der Waals surface area contributed by atoms with Crippen LogP contribution in [0.3, 0.4) is 0 Å². The van der Waals surface area contributed by atoms with Crippen molar-refractivity contribution in [2.24, 2.45) is 0 Å². The molecule has 0 saturated carbocycles. The molecule has 0 amide bonds. The summed E-state index contributed by atoms with van der Waals surface area (Å²) in [5.74, 6) is 1.01. The first-order chi connectivity index (χ1) is 7.65. The van der Waals surface area contributed by atoms with E-state index >= 15 is 0 Å². The zero-order valence-electron chi connectivity index (χ0n) is 10.8. The highest BCUT2D eigenvalue weighted by Gasteiger charge is 2.07. The molecule has 16 heavy (non-hydrogen) atoms. The molecule has 0 spiro atoms. The van der Waals surface area contributed by atoms with Crippen molar-refractivity contribution in [2.45, 2.75) is 39.2 Å². The van der Waals surface area contributed by atoms with E-state index in [9.17, 15) is 0 Å². The molecule has 3 nitrogen and oxygen atoms in total. The van der Waals surface area contributed by atoms with Gasteiger partial charge in [-0.2, -0.15) is 0 Å². The maximum atomic E-state index is 4.37. The molecule has 1 rings (SSSR count). The lowest BCUT2D eigenvalue weighted by molar-refractivity contribution is 0.645. The molecule has 3 heteroatoms. The molecule has 0 fully saturated rings. The summed E-state index contributed by atoms with van der Waals surface area (Å²) in [6.07, 6.45) is 5.56. The van der Waals surface area contributed by atoms with Gasteiger partial charge in [-0.3, -0.25) is 0 Å². The average molecular weight is 221 g/mol. The Bertz CT molecular complexity index is 310. The van der Waals surface area contributed by atoms with Crippen molar-refractivity contribution in [3.8, 4) is 0 Å². The van der Waals surface area contributed by atoms with Crippen molar-refractivity contribution in [2.75, 3.05) is 24.3 Å². The molecule has 90 valence electrons. The maximum absolute atomic E-state index is 4.37. The van der Waals surface area contributed by atoms with Crippen LogP contribution in [0.15, 0.2) is 18.3 Å². The molecule has 1 unspecified atom stereocenters. The molecule has 1 N–H and O–H groups in total. The van der Waals surface area contributed by atoms with Crippen molar-refractivity contribution in [1.29, 1.82) is 0 Å². The van der Waals surface area contributed by atoms with Crippen molar-refractivity contribution in [1.82, 2.24) is 4.98 Å². The smallest absolute Gasteiger partial charge is 0.151 e. The number of unbranched alkanes of at least 4 members (excludes halogenated alkanes) is 1. The van der Waals surface area contributed by atoms with Crippen molar-refractivity contribution in [3.05, 3.63) is 18.3 Å². The van der Waals surface area contributed by atoms with Gasteiger partial charge in [-0.1, -0.05) is 19.8 Å². The van der Waals surface area contributed by atoms with Crippen molar-refractivity contribution < 1.29 is 0 Å². The normalized spacial score (nSPS) is 12.2. The first-order valence-corrected chi connectivity index (χ1v) is 6.04. The molecule has 0 aliphatic carbocycles. The summed E-state index contributed by atoms with van der Waals surface area (Å²) in [5.41, 5.74) is 1.12. The van der Waals surface area contributed by atoms with Gasteiger partial charge in [-0.25, -0.2) is 4.98 Å². The Labute approximate surface area is 98.9 Å². The van der Waals surface area contributed by atoms with Crippen LogP contribution in [0.1, 0.15) is 33.1 Å². The summed E-state index contributed by atoms with van der Waals surface area (Å²) in [6, 6.07) is 4.56. The fraction of sp³-hybridized carbons (Fsp3) is 0.615. The van der Waals surface area contributed by atoms with E-state index in [0.717, 1.165) is 11.5 Å². The van der Waals surface area contributed by atoms with E-state index in [2.05, 4.69) is 30.2 Å². The second kappa shape index (κ2) is 6.36. The van der Waals surface area contributed by atoms with Gasteiger partial charge in [0.05, 0.1) is 5.69 Å². The number of hydrogen-bond donors (Lipinski definition) is 1. The van der Waals surface area contributed by atoms with Gasteiger partial charge < -0.3 is 10.2 Å². The van der Waals surface area contributed by atoms with Crippen molar-refractivity contribution in [3.63, 3.8) is 0 Å². The lowest BCUT2D eigenvalue weighted by Gasteiger charge is -2.20. The molecule has 1 atom stereocenters. The Balaban J connectivity index is 2.65. The SMILES string of the molecule is CCCCC(C)Nc1cccnc1N(C)C. The van der Waals surface area contributed by atoms with Crippen LogP contribution in [-0.4, -0.2) is 25.1 Å². The Morgan fingerprint density at radius 2 is 2.19 bits per heavy atom.